The van der Waals surface area contributed by atoms with E-state index in [1.807, 2.05) is 37.3 Å². The Hall–Kier alpha value is -1.35. The fraction of sp³-hybridized carbons (Fsp3) is 0.533. The maximum atomic E-state index is 11.9. The summed E-state index contributed by atoms with van der Waals surface area (Å²) < 4.78 is 10.9. The average molecular weight is 248 g/mol. The lowest BCUT2D eigenvalue weighted by molar-refractivity contribution is -0.145. The van der Waals surface area contributed by atoms with Crippen molar-refractivity contribution in [3.8, 4) is 0 Å². The molecule has 1 saturated heterocycles. The van der Waals surface area contributed by atoms with Gasteiger partial charge in [0.2, 0.25) is 0 Å². The highest BCUT2D eigenvalue weighted by molar-refractivity contribution is 5.80. The molecule has 3 heteroatoms. The summed E-state index contributed by atoms with van der Waals surface area (Å²) >= 11 is 0. The first-order valence-electron chi connectivity index (χ1n) is 6.64. The van der Waals surface area contributed by atoms with E-state index in [-0.39, 0.29) is 5.97 Å². The van der Waals surface area contributed by atoms with Gasteiger partial charge < -0.3 is 9.47 Å². The summed E-state index contributed by atoms with van der Waals surface area (Å²) in [5.74, 6) is -0.228. The van der Waals surface area contributed by atoms with Crippen LogP contribution in [0.5, 0.6) is 0 Å². The minimum atomic E-state index is -0.454. The molecule has 0 radical (unpaired) electrons. The molecule has 0 saturated carbocycles. The predicted molar refractivity (Wildman–Crippen MR) is 69.2 cm³/mol. The molecule has 1 heterocycles. The van der Waals surface area contributed by atoms with Crippen LogP contribution in [0, 0.1) is 0 Å². The lowest BCUT2D eigenvalue weighted by Gasteiger charge is -2.10. The average Bonchev–Trinajstić information content (AvgIpc) is 3.16. The summed E-state index contributed by atoms with van der Waals surface area (Å²) in [6.07, 6.45) is 2.28. The van der Waals surface area contributed by atoms with E-state index in [0.29, 0.717) is 6.61 Å². The van der Waals surface area contributed by atoms with E-state index < -0.39 is 11.7 Å². The molecule has 0 aliphatic carbocycles. The Kier molecular flexibility index (Phi) is 4.02. The van der Waals surface area contributed by atoms with E-state index in [0.717, 1.165) is 24.8 Å². The Labute approximate surface area is 108 Å². The number of hydrogen-bond donors (Lipinski definition) is 0. The number of carbonyl (C=O) groups excluding carboxylic acids is 1. The van der Waals surface area contributed by atoms with Gasteiger partial charge in [-0.05, 0) is 18.4 Å². The number of hydrogen-bond acceptors (Lipinski definition) is 3. The van der Waals surface area contributed by atoms with Crippen LogP contribution < -0.4 is 0 Å². The van der Waals surface area contributed by atoms with Crippen molar-refractivity contribution >= 4 is 5.97 Å². The number of unbranched alkanes of at least 4 members (excludes halogenated alkanes) is 1. The van der Waals surface area contributed by atoms with Gasteiger partial charge in [0.1, 0.15) is 5.60 Å². The van der Waals surface area contributed by atoms with Crippen molar-refractivity contribution in [1.29, 1.82) is 0 Å². The summed E-state index contributed by atoms with van der Waals surface area (Å²) in [5.41, 5.74) is 0.606. The van der Waals surface area contributed by atoms with Gasteiger partial charge in [-0.2, -0.15) is 0 Å². The van der Waals surface area contributed by atoms with E-state index in [4.69, 9.17) is 9.47 Å². The van der Waals surface area contributed by atoms with Crippen LogP contribution in [0.25, 0.3) is 0 Å². The third-order valence-corrected chi connectivity index (χ3v) is 3.44. The summed E-state index contributed by atoms with van der Waals surface area (Å²) in [7, 11) is 0. The van der Waals surface area contributed by atoms with Gasteiger partial charge in [-0.25, -0.2) is 4.79 Å². The molecule has 0 bridgehead atoms. The normalized spacial score (nSPS) is 25.8. The molecule has 2 rings (SSSR count). The smallest absolute Gasteiger partial charge is 0.338 e. The Bertz CT molecular complexity index is 401. The largest absolute Gasteiger partial charge is 0.464 e. The Morgan fingerprint density at radius 3 is 2.67 bits per heavy atom. The summed E-state index contributed by atoms with van der Waals surface area (Å²) in [6.45, 7) is 4.60. The molecule has 3 nitrogen and oxygen atoms in total. The first-order chi connectivity index (χ1) is 8.74. The van der Waals surface area contributed by atoms with Crippen molar-refractivity contribution in [3.63, 3.8) is 0 Å². The van der Waals surface area contributed by atoms with Crippen molar-refractivity contribution in [3.05, 3.63) is 35.9 Å². The number of rotatable bonds is 6. The number of esters is 1. The van der Waals surface area contributed by atoms with Gasteiger partial charge in [-0.1, -0.05) is 50.6 Å². The molecule has 1 aliphatic rings. The molecule has 18 heavy (non-hydrogen) atoms. The van der Waals surface area contributed by atoms with Crippen LogP contribution in [0.15, 0.2) is 30.3 Å². The number of carbonyl (C=O) groups is 1. The molecular formula is C15H20O3. The lowest BCUT2D eigenvalue weighted by Crippen LogP contribution is -2.21. The molecule has 1 aromatic rings. The highest BCUT2D eigenvalue weighted by atomic mass is 16.7. The van der Waals surface area contributed by atoms with Gasteiger partial charge >= 0.3 is 5.97 Å². The topological polar surface area (TPSA) is 38.8 Å². The van der Waals surface area contributed by atoms with Crippen LogP contribution in [0.1, 0.15) is 38.7 Å². The predicted octanol–water partition coefficient (Wildman–Crippen LogP) is 3.03. The number of ether oxygens (including phenoxy) is 2. The molecule has 1 aliphatic heterocycles. The second-order valence-electron chi connectivity index (χ2n) is 4.63. The van der Waals surface area contributed by atoms with Crippen LogP contribution in [0.3, 0.4) is 0 Å². The summed E-state index contributed by atoms with van der Waals surface area (Å²) in [6, 6.07) is 9.90. The fourth-order valence-electron chi connectivity index (χ4n) is 2.22. The third kappa shape index (κ3) is 2.41. The highest BCUT2D eigenvalue weighted by Gasteiger charge is 2.61. The third-order valence-electron chi connectivity index (χ3n) is 3.44. The van der Waals surface area contributed by atoms with Gasteiger partial charge in [-0.15, -0.1) is 0 Å². The van der Waals surface area contributed by atoms with Gasteiger partial charge in [-0.3, -0.25) is 0 Å². The molecule has 0 amide bonds. The second kappa shape index (κ2) is 5.53. The van der Waals surface area contributed by atoms with Gasteiger partial charge in [0.15, 0.2) is 6.10 Å². The molecule has 0 spiro atoms. The molecule has 0 unspecified atom stereocenters. The molecule has 98 valence electrons. The molecule has 0 N–H and O–H groups in total. The Morgan fingerprint density at radius 1 is 1.33 bits per heavy atom. The lowest BCUT2D eigenvalue weighted by atomic mass is 9.93. The minimum Gasteiger partial charge on any atom is -0.464 e. The van der Waals surface area contributed by atoms with Crippen LogP contribution >= 0.6 is 0 Å². The molecule has 1 fully saturated rings. The first kappa shape index (κ1) is 13.1. The van der Waals surface area contributed by atoms with Gasteiger partial charge in [0, 0.05) is 0 Å². The van der Waals surface area contributed by atoms with E-state index >= 15 is 0 Å². The zero-order valence-electron chi connectivity index (χ0n) is 11.0. The summed E-state index contributed by atoms with van der Waals surface area (Å²) in [5, 5.41) is 0. The minimum absolute atomic E-state index is 0.228. The van der Waals surface area contributed by atoms with Crippen LogP contribution in [0.4, 0.5) is 0 Å². The van der Waals surface area contributed by atoms with Crippen molar-refractivity contribution in [1.82, 2.24) is 0 Å². The molecule has 0 aromatic heterocycles. The van der Waals surface area contributed by atoms with Crippen molar-refractivity contribution in [2.24, 2.45) is 0 Å². The quantitative estimate of drug-likeness (QED) is 0.441. The van der Waals surface area contributed by atoms with Crippen molar-refractivity contribution in [2.45, 2.75) is 44.8 Å². The van der Waals surface area contributed by atoms with Crippen molar-refractivity contribution < 1.29 is 14.3 Å². The zero-order valence-corrected chi connectivity index (χ0v) is 11.0. The van der Waals surface area contributed by atoms with Gasteiger partial charge in [0.05, 0.1) is 6.61 Å². The first-order valence-corrected chi connectivity index (χ1v) is 6.64. The van der Waals surface area contributed by atoms with E-state index in [1.165, 1.54) is 0 Å². The zero-order chi connectivity index (χ0) is 13.0. The maximum absolute atomic E-state index is 11.9. The van der Waals surface area contributed by atoms with E-state index in [2.05, 4.69) is 6.92 Å². The number of epoxide rings is 1. The van der Waals surface area contributed by atoms with Crippen LogP contribution in [-0.2, 0) is 19.9 Å². The maximum Gasteiger partial charge on any atom is 0.338 e. The standard InChI is InChI=1S/C15H20O3/c1-3-5-11-17-14(16)13-15(4-2,18-13)12-9-7-6-8-10-12/h6-10,13H,3-5,11H2,1-2H3/t13-,15-/m1/s1. The fourth-order valence-corrected chi connectivity index (χ4v) is 2.22. The monoisotopic (exact) mass is 248 g/mol. The molecular weight excluding hydrogens is 228 g/mol. The molecule has 2 atom stereocenters. The Balaban J connectivity index is 1.99. The summed E-state index contributed by atoms with van der Waals surface area (Å²) in [4.78, 5) is 11.9. The van der Waals surface area contributed by atoms with Crippen LogP contribution in [-0.4, -0.2) is 18.7 Å². The SMILES string of the molecule is CCCCOC(=O)[C@H]1O[C@]1(CC)c1ccccc1. The Morgan fingerprint density at radius 2 is 2.06 bits per heavy atom. The van der Waals surface area contributed by atoms with E-state index in [9.17, 15) is 4.79 Å². The van der Waals surface area contributed by atoms with Crippen LogP contribution in [0.2, 0.25) is 0 Å². The number of benzene rings is 1. The van der Waals surface area contributed by atoms with E-state index in [1.54, 1.807) is 0 Å². The van der Waals surface area contributed by atoms with Gasteiger partial charge in [0.25, 0.3) is 0 Å². The second-order valence-corrected chi connectivity index (χ2v) is 4.63. The molecule has 1 aromatic carbocycles. The highest BCUT2D eigenvalue weighted by Crippen LogP contribution is 2.49. The van der Waals surface area contributed by atoms with Crippen molar-refractivity contribution in [2.75, 3.05) is 6.61 Å².